The third kappa shape index (κ3) is 1.72. The van der Waals surface area contributed by atoms with Crippen molar-refractivity contribution in [1.82, 2.24) is 4.98 Å². The molecule has 2 aromatic rings. The van der Waals surface area contributed by atoms with Gasteiger partial charge in [0.15, 0.2) is 0 Å². The van der Waals surface area contributed by atoms with E-state index < -0.39 is 5.97 Å². The summed E-state index contributed by atoms with van der Waals surface area (Å²) in [5, 5.41) is 9.96. The second-order valence-corrected chi connectivity index (χ2v) is 4.16. The van der Waals surface area contributed by atoms with Crippen molar-refractivity contribution in [2.75, 3.05) is 0 Å². The molecular weight excluding hydrogens is 249 g/mol. The van der Waals surface area contributed by atoms with E-state index in [1.54, 1.807) is 6.07 Å². The fourth-order valence-corrected chi connectivity index (χ4v) is 1.92. The highest BCUT2D eigenvalue weighted by Gasteiger charge is 2.13. The zero-order valence-corrected chi connectivity index (χ0v) is 9.80. The van der Waals surface area contributed by atoms with Gasteiger partial charge in [-0.25, -0.2) is 9.78 Å². The first kappa shape index (κ1) is 11.2. The average Bonchev–Trinajstić information content (AvgIpc) is 2.23. The van der Waals surface area contributed by atoms with Crippen molar-refractivity contribution in [2.24, 2.45) is 0 Å². The maximum Gasteiger partial charge on any atom is 0.338 e. The van der Waals surface area contributed by atoms with Gasteiger partial charge in [0.25, 0.3) is 0 Å². The van der Waals surface area contributed by atoms with E-state index in [1.807, 2.05) is 13.0 Å². The van der Waals surface area contributed by atoms with Crippen LogP contribution in [0.25, 0.3) is 10.9 Å². The third-order valence-corrected chi connectivity index (χ3v) is 2.93. The predicted octanol–water partition coefficient (Wildman–Crippen LogP) is 3.55. The standard InChI is InChI=1S/C11H7Cl2NO2/c1-5-2-3-8(12)6-4-7(11(15)16)10(13)14-9(5)6/h2-4H,1H3,(H,15,16). The number of hydrogen-bond acceptors (Lipinski definition) is 2. The van der Waals surface area contributed by atoms with Gasteiger partial charge >= 0.3 is 5.97 Å². The molecule has 0 unspecified atom stereocenters. The Morgan fingerprint density at radius 2 is 2.06 bits per heavy atom. The van der Waals surface area contributed by atoms with Crippen molar-refractivity contribution in [1.29, 1.82) is 0 Å². The minimum absolute atomic E-state index is 0.0228. The van der Waals surface area contributed by atoms with Crippen LogP contribution in [-0.4, -0.2) is 16.1 Å². The van der Waals surface area contributed by atoms with Crippen LogP contribution in [0.3, 0.4) is 0 Å². The molecule has 5 heteroatoms. The van der Waals surface area contributed by atoms with Gasteiger partial charge in [-0.2, -0.15) is 0 Å². The number of aromatic carboxylic acids is 1. The lowest BCUT2D eigenvalue weighted by Crippen LogP contribution is -2.00. The lowest BCUT2D eigenvalue weighted by Gasteiger charge is -2.06. The monoisotopic (exact) mass is 255 g/mol. The van der Waals surface area contributed by atoms with Crippen molar-refractivity contribution in [3.63, 3.8) is 0 Å². The summed E-state index contributed by atoms with van der Waals surface area (Å²) >= 11 is 11.8. The summed E-state index contributed by atoms with van der Waals surface area (Å²) in [4.78, 5) is 15.0. The number of pyridine rings is 1. The van der Waals surface area contributed by atoms with Crippen LogP contribution >= 0.6 is 23.2 Å². The molecule has 0 aliphatic heterocycles. The number of carboxylic acid groups (broad SMARTS) is 1. The summed E-state index contributed by atoms with van der Waals surface area (Å²) in [5.41, 5.74) is 1.49. The van der Waals surface area contributed by atoms with E-state index in [0.29, 0.717) is 15.9 Å². The summed E-state index contributed by atoms with van der Waals surface area (Å²) in [7, 11) is 0. The van der Waals surface area contributed by atoms with E-state index in [0.717, 1.165) is 5.56 Å². The number of carboxylic acids is 1. The fraction of sp³-hybridized carbons (Fsp3) is 0.0909. The molecule has 16 heavy (non-hydrogen) atoms. The number of rotatable bonds is 1. The summed E-state index contributed by atoms with van der Waals surface area (Å²) < 4.78 is 0. The minimum atomic E-state index is -1.11. The van der Waals surface area contributed by atoms with Crippen LogP contribution in [0.1, 0.15) is 15.9 Å². The third-order valence-electron chi connectivity index (χ3n) is 2.32. The molecule has 82 valence electrons. The normalized spacial score (nSPS) is 10.7. The average molecular weight is 256 g/mol. The molecule has 0 amide bonds. The maximum absolute atomic E-state index is 10.9. The Morgan fingerprint density at radius 3 is 2.69 bits per heavy atom. The molecule has 1 aromatic carbocycles. The van der Waals surface area contributed by atoms with Crippen molar-refractivity contribution in [3.05, 3.63) is 39.5 Å². The molecule has 2 rings (SSSR count). The molecule has 0 radical (unpaired) electrons. The van der Waals surface area contributed by atoms with Crippen molar-refractivity contribution in [3.8, 4) is 0 Å². The number of benzene rings is 1. The van der Waals surface area contributed by atoms with Crippen molar-refractivity contribution in [2.45, 2.75) is 6.92 Å². The van der Waals surface area contributed by atoms with Gasteiger partial charge in [-0.1, -0.05) is 29.3 Å². The molecule has 0 aliphatic carbocycles. The van der Waals surface area contributed by atoms with Crippen LogP contribution in [-0.2, 0) is 0 Å². The number of hydrogen-bond donors (Lipinski definition) is 1. The van der Waals surface area contributed by atoms with Crippen LogP contribution in [0.2, 0.25) is 10.2 Å². The van der Waals surface area contributed by atoms with E-state index >= 15 is 0 Å². The summed E-state index contributed by atoms with van der Waals surface area (Å²) in [6, 6.07) is 4.97. The van der Waals surface area contributed by atoms with Crippen LogP contribution < -0.4 is 0 Å². The highest BCUT2D eigenvalue weighted by Crippen LogP contribution is 2.28. The topological polar surface area (TPSA) is 50.2 Å². The van der Waals surface area contributed by atoms with Crippen LogP contribution in [0, 0.1) is 6.92 Å². The zero-order chi connectivity index (χ0) is 11.9. The Bertz CT molecular complexity index is 596. The van der Waals surface area contributed by atoms with Gasteiger partial charge in [-0.05, 0) is 24.6 Å². The van der Waals surface area contributed by atoms with Crippen LogP contribution in [0.15, 0.2) is 18.2 Å². The van der Waals surface area contributed by atoms with Crippen molar-refractivity contribution >= 4 is 40.1 Å². The van der Waals surface area contributed by atoms with Gasteiger partial charge in [0.05, 0.1) is 16.1 Å². The first-order valence-corrected chi connectivity index (χ1v) is 5.25. The fourth-order valence-electron chi connectivity index (χ4n) is 1.49. The Kier molecular flexibility index (Phi) is 2.74. The van der Waals surface area contributed by atoms with Crippen LogP contribution in [0.4, 0.5) is 0 Å². The highest BCUT2D eigenvalue weighted by atomic mass is 35.5. The lowest BCUT2D eigenvalue weighted by molar-refractivity contribution is 0.0697. The molecular formula is C11H7Cl2NO2. The Labute approximate surface area is 102 Å². The zero-order valence-electron chi connectivity index (χ0n) is 8.29. The van der Waals surface area contributed by atoms with Gasteiger partial charge in [0.2, 0.25) is 0 Å². The first-order chi connectivity index (χ1) is 7.50. The second kappa shape index (κ2) is 3.92. The van der Waals surface area contributed by atoms with Gasteiger partial charge in [-0.15, -0.1) is 0 Å². The smallest absolute Gasteiger partial charge is 0.338 e. The number of halogens is 2. The van der Waals surface area contributed by atoms with Gasteiger partial charge in [-0.3, -0.25) is 0 Å². The molecule has 1 heterocycles. The minimum Gasteiger partial charge on any atom is -0.478 e. The molecule has 1 N–H and O–H groups in total. The summed E-state index contributed by atoms with van der Waals surface area (Å²) in [6.45, 7) is 1.86. The van der Waals surface area contributed by atoms with E-state index in [9.17, 15) is 4.79 Å². The summed E-state index contributed by atoms with van der Waals surface area (Å²) in [6.07, 6.45) is 0. The van der Waals surface area contributed by atoms with E-state index in [2.05, 4.69) is 4.98 Å². The van der Waals surface area contributed by atoms with Gasteiger partial charge in [0, 0.05) is 5.39 Å². The Balaban J connectivity index is 2.89. The quantitative estimate of drug-likeness (QED) is 0.793. The SMILES string of the molecule is Cc1ccc(Cl)c2cc(C(=O)O)c(Cl)nc12. The predicted molar refractivity (Wildman–Crippen MR) is 63.5 cm³/mol. The van der Waals surface area contributed by atoms with Gasteiger partial charge in [0.1, 0.15) is 5.15 Å². The molecule has 0 aliphatic rings. The van der Waals surface area contributed by atoms with Crippen LogP contribution in [0.5, 0.6) is 0 Å². The first-order valence-electron chi connectivity index (χ1n) is 4.49. The molecule has 0 saturated heterocycles. The molecule has 0 saturated carbocycles. The van der Waals surface area contributed by atoms with E-state index in [1.165, 1.54) is 6.07 Å². The van der Waals surface area contributed by atoms with Gasteiger partial charge < -0.3 is 5.11 Å². The molecule has 0 fully saturated rings. The Morgan fingerprint density at radius 1 is 1.38 bits per heavy atom. The largest absolute Gasteiger partial charge is 0.478 e. The maximum atomic E-state index is 10.9. The number of fused-ring (bicyclic) bond motifs is 1. The number of aromatic nitrogens is 1. The lowest BCUT2D eigenvalue weighted by atomic mass is 10.1. The molecule has 3 nitrogen and oxygen atoms in total. The number of nitrogens with zero attached hydrogens (tertiary/aromatic N) is 1. The molecule has 1 aromatic heterocycles. The van der Waals surface area contributed by atoms with E-state index in [-0.39, 0.29) is 10.7 Å². The van der Waals surface area contributed by atoms with Crippen molar-refractivity contribution < 1.29 is 9.90 Å². The van der Waals surface area contributed by atoms with E-state index in [4.69, 9.17) is 28.3 Å². The molecule has 0 spiro atoms. The molecule has 0 bridgehead atoms. The summed E-state index contributed by atoms with van der Waals surface area (Å²) in [5.74, 6) is -1.11. The Hall–Kier alpha value is -1.32. The number of aryl methyl sites for hydroxylation is 1. The molecule has 0 atom stereocenters. The number of carbonyl (C=O) groups is 1. The second-order valence-electron chi connectivity index (χ2n) is 3.39. The highest BCUT2D eigenvalue weighted by molar-refractivity contribution is 6.36.